The lowest BCUT2D eigenvalue weighted by Gasteiger charge is -2.40. The third-order valence-corrected chi connectivity index (χ3v) is 2.37. The average molecular weight is 243 g/mol. The van der Waals surface area contributed by atoms with Crippen molar-refractivity contribution in [2.24, 2.45) is 5.10 Å². The number of β-amino-alcohol motifs (C(OH)–C–C–N with tert-alkyl or cyclic N) is 2. The number of amidine groups is 1. The summed E-state index contributed by atoms with van der Waals surface area (Å²) in [5, 5.41) is 23.6. The number of hydrogen-bond donors (Lipinski definition) is 3. The van der Waals surface area contributed by atoms with Crippen LogP contribution < -0.4 is 5.43 Å². The van der Waals surface area contributed by atoms with E-state index in [0.717, 1.165) is 0 Å². The first-order valence-corrected chi connectivity index (χ1v) is 6.01. The minimum absolute atomic E-state index is 0.396. The molecule has 0 spiro atoms. The zero-order chi connectivity index (χ0) is 13.5. The average Bonchev–Trinajstić information content (AvgIpc) is 2.25. The molecule has 0 amide bonds. The van der Waals surface area contributed by atoms with Gasteiger partial charge >= 0.3 is 0 Å². The van der Waals surface area contributed by atoms with Crippen LogP contribution in [0, 0.1) is 0 Å². The van der Waals surface area contributed by atoms with Crippen LogP contribution in [0.2, 0.25) is 0 Å². The number of aliphatic hydroxyl groups excluding tert-OH is 1. The first kappa shape index (κ1) is 15.9. The van der Waals surface area contributed by atoms with Crippen molar-refractivity contribution in [2.75, 3.05) is 20.1 Å². The summed E-state index contributed by atoms with van der Waals surface area (Å²) in [6, 6.07) is 0. The van der Waals surface area contributed by atoms with Crippen molar-refractivity contribution in [3.05, 3.63) is 12.7 Å². The van der Waals surface area contributed by atoms with Crippen molar-refractivity contribution in [2.45, 2.75) is 38.9 Å². The molecule has 0 aliphatic carbocycles. The minimum Gasteiger partial charge on any atom is -0.391 e. The second-order valence-electron chi connectivity index (χ2n) is 4.13. The molecule has 17 heavy (non-hydrogen) atoms. The molecule has 3 N–H and O–H groups in total. The molecular formula is C12H25N3O2. The topological polar surface area (TPSA) is 68.1 Å². The van der Waals surface area contributed by atoms with Gasteiger partial charge in [-0.05, 0) is 13.0 Å². The molecule has 0 bridgehead atoms. The molecule has 0 radical (unpaired) electrons. The maximum absolute atomic E-state index is 9.92. The maximum Gasteiger partial charge on any atom is 0.147 e. The summed E-state index contributed by atoms with van der Waals surface area (Å²) >= 11 is 0. The van der Waals surface area contributed by atoms with E-state index in [0.29, 0.717) is 25.3 Å². The van der Waals surface area contributed by atoms with Gasteiger partial charge in [-0.2, -0.15) is 5.10 Å². The van der Waals surface area contributed by atoms with Crippen LogP contribution in [-0.4, -0.2) is 52.8 Å². The third kappa shape index (κ3) is 5.19. The largest absolute Gasteiger partial charge is 0.391 e. The molecule has 1 saturated heterocycles. The maximum atomic E-state index is 9.92. The number of piperidine rings is 1. The third-order valence-electron chi connectivity index (χ3n) is 2.37. The first-order chi connectivity index (χ1) is 7.98. The summed E-state index contributed by atoms with van der Waals surface area (Å²) in [5.74, 6) is 0.636. The van der Waals surface area contributed by atoms with Crippen LogP contribution in [0.25, 0.3) is 0 Å². The van der Waals surface area contributed by atoms with E-state index in [9.17, 15) is 10.2 Å². The summed E-state index contributed by atoms with van der Waals surface area (Å²) < 4.78 is 0. The quantitative estimate of drug-likeness (QED) is 0.376. The highest BCUT2D eigenvalue weighted by molar-refractivity contribution is 5.92. The highest BCUT2D eigenvalue weighted by Gasteiger charge is 2.34. The SMILES string of the molecule is C=C/C(=N\NC)N1C[C@@H](O)C[C@@](C)(O)C1.CC. The number of nitrogens with zero attached hydrogens (tertiary/aromatic N) is 2. The molecule has 5 heteroatoms. The molecule has 0 saturated carbocycles. The Bertz CT molecular complexity index is 264. The number of aliphatic hydroxyl groups is 2. The predicted molar refractivity (Wildman–Crippen MR) is 70.9 cm³/mol. The van der Waals surface area contributed by atoms with E-state index in [1.807, 2.05) is 18.7 Å². The fourth-order valence-corrected chi connectivity index (χ4v) is 1.90. The zero-order valence-corrected chi connectivity index (χ0v) is 11.3. The second-order valence-corrected chi connectivity index (χ2v) is 4.13. The Morgan fingerprint density at radius 2 is 2.18 bits per heavy atom. The molecule has 5 nitrogen and oxygen atoms in total. The van der Waals surface area contributed by atoms with Gasteiger partial charge in [-0.25, -0.2) is 0 Å². The Morgan fingerprint density at radius 1 is 1.59 bits per heavy atom. The summed E-state index contributed by atoms with van der Waals surface area (Å²) in [5.41, 5.74) is 1.79. The number of likely N-dealkylation sites (tertiary alicyclic amines) is 1. The van der Waals surface area contributed by atoms with Gasteiger partial charge in [0.25, 0.3) is 0 Å². The van der Waals surface area contributed by atoms with Gasteiger partial charge < -0.3 is 20.5 Å². The predicted octanol–water partition coefficient (Wildman–Crippen LogP) is 0.549. The molecule has 1 aliphatic rings. The summed E-state index contributed by atoms with van der Waals surface area (Å²) in [4.78, 5) is 1.82. The van der Waals surface area contributed by atoms with Crippen LogP contribution in [0.1, 0.15) is 27.2 Å². The van der Waals surface area contributed by atoms with Crippen LogP contribution in [0.4, 0.5) is 0 Å². The van der Waals surface area contributed by atoms with Crippen LogP contribution in [0.3, 0.4) is 0 Å². The van der Waals surface area contributed by atoms with E-state index in [1.54, 1.807) is 20.0 Å². The lowest BCUT2D eigenvalue weighted by Crippen LogP contribution is -2.53. The fourth-order valence-electron chi connectivity index (χ4n) is 1.90. The number of rotatable bonds is 2. The van der Waals surface area contributed by atoms with E-state index in [1.165, 1.54) is 0 Å². The highest BCUT2D eigenvalue weighted by atomic mass is 16.3. The van der Waals surface area contributed by atoms with Gasteiger partial charge in [-0.15, -0.1) is 0 Å². The lowest BCUT2D eigenvalue weighted by atomic mass is 9.93. The molecule has 0 aromatic carbocycles. The van der Waals surface area contributed by atoms with E-state index < -0.39 is 11.7 Å². The van der Waals surface area contributed by atoms with Crippen LogP contribution in [0.15, 0.2) is 17.8 Å². The molecule has 1 fully saturated rings. The van der Waals surface area contributed by atoms with Gasteiger partial charge in [0, 0.05) is 26.6 Å². The normalized spacial score (nSPS) is 29.2. The fraction of sp³-hybridized carbons (Fsp3) is 0.750. The Labute approximate surface area is 104 Å². The van der Waals surface area contributed by atoms with Crippen molar-refractivity contribution < 1.29 is 10.2 Å². The number of nitrogens with one attached hydrogen (secondary N) is 1. The van der Waals surface area contributed by atoms with Crippen molar-refractivity contribution in [1.29, 1.82) is 0 Å². The first-order valence-electron chi connectivity index (χ1n) is 6.01. The zero-order valence-electron chi connectivity index (χ0n) is 11.3. The van der Waals surface area contributed by atoms with Gasteiger partial charge in [-0.1, -0.05) is 20.4 Å². The van der Waals surface area contributed by atoms with Gasteiger partial charge in [0.15, 0.2) is 0 Å². The van der Waals surface area contributed by atoms with Crippen LogP contribution >= 0.6 is 0 Å². The van der Waals surface area contributed by atoms with E-state index >= 15 is 0 Å². The molecular weight excluding hydrogens is 218 g/mol. The Kier molecular flexibility index (Phi) is 6.83. The van der Waals surface area contributed by atoms with Gasteiger partial charge in [0.05, 0.1) is 11.7 Å². The molecule has 0 aromatic rings. The van der Waals surface area contributed by atoms with Crippen molar-refractivity contribution in [3.8, 4) is 0 Å². The summed E-state index contributed by atoms with van der Waals surface area (Å²) in [6.07, 6.45) is 1.47. The van der Waals surface area contributed by atoms with E-state index in [-0.39, 0.29) is 0 Å². The molecule has 0 unspecified atom stereocenters. The summed E-state index contributed by atoms with van der Waals surface area (Å²) in [7, 11) is 1.70. The molecule has 1 rings (SSSR count). The van der Waals surface area contributed by atoms with Gasteiger partial charge in [0.2, 0.25) is 0 Å². The van der Waals surface area contributed by atoms with Crippen molar-refractivity contribution >= 4 is 5.84 Å². The molecule has 1 heterocycles. The van der Waals surface area contributed by atoms with E-state index in [2.05, 4.69) is 17.1 Å². The Hall–Kier alpha value is -1.07. The smallest absolute Gasteiger partial charge is 0.147 e. The second kappa shape index (κ2) is 7.29. The van der Waals surface area contributed by atoms with Crippen molar-refractivity contribution in [1.82, 2.24) is 10.3 Å². The summed E-state index contributed by atoms with van der Waals surface area (Å²) in [6.45, 7) is 10.3. The standard InChI is InChI=1S/C10H19N3O2.C2H6/c1-4-9(12-11-3)13-6-8(14)5-10(2,15)7-13;1-2/h4,8,11,14-15H,1,5-7H2,2-3H3;1-2H3/b12-9+;/t8-,10+;/m0./s1. The Morgan fingerprint density at radius 3 is 2.59 bits per heavy atom. The van der Waals surface area contributed by atoms with Gasteiger partial charge in [0.1, 0.15) is 5.84 Å². The number of hydrogen-bond acceptors (Lipinski definition) is 4. The number of hydrazone groups is 1. The monoisotopic (exact) mass is 243 g/mol. The molecule has 0 aromatic heterocycles. The lowest BCUT2D eigenvalue weighted by molar-refractivity contribution is -0.0489. The molecule has 1 aliphatic heterocycles. The highest BCUT2D eigenvalue weighted by Crippen LogP contribution is 2.21. The Balaban J connectivity index is 0.00000121. The van der Waals surface area contributed by atoms with Gasteiger partial charge in [-0.3, -0.25) is 0 Å². The molecule has 100 valence electrons. The van der Waals surface area contributed by atoms with Crippen molar-refractivity contribution in [3.63, 3.8) is 0 Å². The van der Waals surface area contributed by atoms with Crippen LogP contribution in [0.5, 0.6) is 0 Å². The van der Waals surface area contributed by atoms with Crippen LogP contribution in [-0.2, 0) is 0 Å². The van der Waals surface area contributed by atoms with E-state index in [4.69, 9.17) is 0 Å². The molecule has 2 atom stereocenters. The minimum atomic E-state index is -0.880.